The number of methoxy groups -OCH3 is 1. The lowest BCUT2D eigenvalue weighted by molar-refractivity contribution is -0.274. The van der Waals surface area contributed by atoms with Crippen LogP contribution in [0.4, 0.5) is 23.8 Å². The number of carbonyl (C=O) groups is 1. The number of hydrogen-bond acceptors (Lipinski definition) is 6. The fourth-order valence-corrected chi connectivity index (χ4v) is 5.27. The molecule has 9 nitrogen and oxygen atoms in total. The first kappa shape index (κ1) is 27.8. The Bertz CT molecular complexity index is 1360. The van der Waals surface area contributed by atoms with E-state index in [0.29, 0.717) is 28.5 Å². The van der Waals surface area contributed by atoms with Crippen molar-refractivity contribution in [2.24, 2.45) is 0 Å². The number of aromatic nitrogens is 2. The number of para-hydroxylation sites is 1. The molecule has 1 saturated carbocycles. The van der Waals surface area contributed by atoms with Crippen molar-refractivity contribution in [3.63, 3.8) is 0 Å². The third-order valence-electron chi connectivity index (χ3n) is 7.63. The molecule has 0 bridgehead atoms. The molecule has 1 spiro atoms. The number of nitrogens with one attached hydrogen (secondary N) is 2. The van der Waals surface area contributed by atoms with Crippen LogP contribution in [0.25, 0.3) is 5.69 Å². The molecule has 1 saturated heterocycles. The summed E-state index contributed by atoms with van der Waals surface area (Å²) in [6.45, 7) is 2.89. The second-order valence-corrected chi connectivity index (χ2v) is 10.3. The molecule has 1 aromatic heterocycles. The van der Waals surface area contributed by atoms with Crippen LogP contribution in [0, 0.1) is 6.92 Å². The van der Waals surface area contributed by atoms with Crippen LogP contribution in [0.3, 0.4) is 0 Å². The van der Waals surface area contributed by atoms with Crippen molar-refractivity contribution in [3.8, 4) is 17.3 Å². The number of halogens is 3. The normalized spacial score (nSPS) is 20.5. The van der Waals surface area contributed by atoms with Gasteiger partial charge in [-0.2, -0.15) is 0 Å². The maximum atomic E-state index is 13.0. The number of carbonyl (C=O) groups excluding carboxylic acids is 1. The highest BCUT2D eigenvalue weighted by atomic mass is 19.4. The predicted molar refractivity (Wildman–Crippen MR) is 142 cm³/mol. The molecule has 0 radical (unpaired) electrons. The summed E-state index contributed by atoms with van der Waals surface area (Å²) in [6, 6.07) is 12.8. The maximum Gasteiger partial charge on any atom is 0.573 e. The first-order chi connectivity index (χ1) is 19.1. The van der Waals surface area contributed by atoms with Gasteiger partial charge in [0.05, 0.1) is 17.9 Å². The number of ether oxygens (including phenoxy) is 3. The zero-order valence-corrected chi connectivity index (χ0v) is 22.5. The van der Waals surface area contributed by atoms with Crippen molar-refractivity contribution in [1.82, 2.24) is 20.0 Å². The lowest BCUT2D eigenvalue weighted by Gasteiger charge is -2.59. The number of hydrogen-bond donors (Lipinski definition) is 2. The van der Waals surface area contributed by atoms with E-state index in [1.165, 1.54) is 25.3 Å². The molecule has 12 heteroatoms. The van der Waals surface area contributed by atoms with Crippen molar-refractivity contribution in [2.75, 3.05) is 26.0 Å². The number of alkyl halides is 3. The van der Waals surface area contributed by atoms with Crippen LogP contribution in [-0.2, 0) is 17.9 Å². The molecule has 2 aliphatic rings. The standard InChI is InChI=1S/C28H32F3N5O4/c1-18-24(33-26(37)32-16-20-13-19(17-38-3)9-10-23(20)40-28(29,30)31)36(21-7-5-4-6-8-21)34-25(18)39-22-14-27(15-22)11-12-35(27)2/h4-10,13,22H,11-12,14-17H2,1-3H3,(H2,32,33,37). The summed E-state index contributed by atoms with van der Waals surface area (Å²) in [5, 5.41) is 10.1. The van der Waals surface area contributed by atoms with Gasteiger partial charge >= 0.3 is 12.4 Å². The van der Waals surface area contributed by atoms with E-state index in [1.54, 1.807) is 4.68 Å². The van der Waals surface area contributed by atoms with E-state index >= 15 is 0 Å². The Morgan fingerprint density at radius 2 is 1.93 bits per heavy atom. The number of benzene rings is 2. The van der Waals surface area contributed by atoms with Gasteiger partial charge in [-0.15, -0.1) is 18.3 Å². The molecule has 2 heterocycles. The predicted octanol–water partition coefficient (Wildman–Crippen LogP) is 5.16. The van der Waals surface area contributed by atoms with Gasteiger partial charge in [0.1, 0.15) is 17.7 Å². The number of amides is 2. The molecule has 2 amide bonds. The lowest BCUT2D eigenvalue weighted by Crippen LogP contribution is -2.67. The van der Waals surface area contributed by atoms with Crippen LogP contribution >= 0.6 is 0 Å². The lowest BCUT2D eigenvalue weighted by atomic mass is 9.66. The second-order valence-electron chi connectivity index (χ2n) is 10.3. The summed E-state index contributed by atoms with van der Waals surface area (Å²) in [5.41, 5.74) is 2.38. The average molecular weight is 560 g/mol. The fraction of sp³-hybridized carbons (Fsp3) is 0.429. The second kappa shape index (κ2) is 11.0. The largest absolute Gasteiger partial charge is 0.573 e. The third kappa shape index (κ3) is 5.87. The zero-order chi connectivity index (χ0) is 28.5. The SMILES string of the molecule is COCc1ccc(OC(F)(F)F)c(CNC(=O)Nc2c(C)c(OC3CC4(CCN4C)C3)nn2-c2ccccc2)c1. The van der Waals surface area contributed by atoms with Crippen LogP contribution in [0.15, 0.2) is 48.5 Å². The highest BCUT2D eigenvalue weighted by molar-refractivity contribution is 5.89. The van der Waals surface area contributed by atoms with Crippen LogP contribution < -0.4 is 20.1 Å². The summed E-state index contributed by atoms with van der Waals surface area (Å²) < 4.78 is 55.9. The van der Waals surface area contributed by atoms with Crippen LogP contribution in [-0.4, -0.2) is 59.4 Å². The summed E-state index contributed by atoms with van der Waals surface area (Å²) in [6.07, 6.45) is -1.82. The molecule has 40 heavy (non-hydrogen) atoms. The van der Waals surface area contributed by atoms with Crippen molar-refractivity contribution < 1.29 is 32.2 Å². The van der Waals surface area contributed by atoms with Crippen molar-refractivity contribution in [2.45, 2.75) is 57.3 Å². The zero-order valence-electron chi connectivity index (χ0n) is 22.5. The summed E-state index contributed by atoms with van der Waals surface area (Å²) in [5.74, 6) is 0.423. The first-order valence-corrected chi connectivity index (χ1v) is 13.0. The number of anilines is 1. The summed E-state index contributed by atoms with van der Waals surface area (Å²) in [7, 11) is 3.61. The highest BCUT2D eigenvalue weighted by Crippen LogP contribution is 2.48. The minimum absolute atomic E-state index is 0.0358. The Morgan fingerprint density at radius 3 is 2.55 bits per heavy atom. The van der Waals surface area contributed by atoms with Crippen LogP contribution in [0.5, 0.6) is 11.6 Å². The van der Waals surface area contributed by atoms with Gasteiger partial charge in [-0.05, 0) is 50.2 Å². The molecule has 0 atom stereocenters. The Labute approximate surface area is 230 Å². The van der Waals surface area contributed by atoms with Gasteiger partial charge in [-0.3, -0.25) is 5.32 Å². The Balaban J connectivity index is 1.32. The molecular weight excluding hydrogens is 527 g/mol. The monoisotopic (exact) mass is 559 g/mol. The van der Waals surface area contributed by atoms with Crippen LogP contribution in [0.1, 0.15) is 36.0 Å². The van der Waals surface area contributed by atoms with Gasteiger partial charge in [0.25, 0.3) is 0 Å². The first-order valence-electron chi connectivity index (χ1n) is 13.0. The van der Waals surface area contributed by atoms with Gasteiger partial charge < -0.3 is 24.4 Å². The third-order valence-corrected chi connectivity index (χ3v) is 7.63. The van der Waals surface area contributed by atoms with Gasteiger partial charge in [-0.1, -0.05) is 24.3 Å². The molecular formula is C28H32F3N5O4. The Hall–Kier alpha value is -3.77. The number of urea groups is 1. The molecule has 2 N–H and O–H groups in total. The molecule has 3 aromatic rings. The Kier molecular flexibility index (Phi) is 7.65. The molecule has 0 unspecified atom stereocenters. The number of likely N-dealkylation sites (tertiary alicyclic amines) is 1. The van der Waals surface area contributed by atoms with E-state index in [0.717, 1.165) is 25.8 Å². The van der Waals surface area contributed by atoms with Gasteiger partial charge in [0, 0.05) is 44.1 Å². The van der Waals surface area contributed by atoms with E-state index in [-0.39, 0.29) is 30.4 Å². The minimum Gasteiger partial charge on any atom is -0.473 e. The molecule has 214 valence electrons. The quantitative estimate of drug-likeness (QED) is 0.377. The summed E-state index contributed by atoms with van der Waals surface area (Å²) >= 11 is 0. The summed E-state index contributed by atoms with van der Waals surface area (Å²) in [4.78, 5) is 15.4. The van der Waals surface area contributed by atoms with Gasteiger partial charge in [-0.25, -0.2) is 9.48 Å². The molecule has 5 rings (SSSR count). The molecule has 2 fully saturated rings. The van der Waals surface area contributed by atoms with Gasteiger partial charge in [0.15, 0.2) is 0 Å². The Morgan fingerprint density at radius 1 is 1.18 bits per heavy atom. The highest BCUT2D eigenvalue weighted by Gasteiger charge is 2.53. The van der Waals surface area contributed by atoms with Crippen molar-refractivity contribution in [1.29, 1.82) is 0 Å². The molecule has 1 aliphatic carbocycles. The van der Waals surface area contributed by atoms with E-state index in [1.807, 2.05) is 37.3 Å². The number of nitrogens with zero attached hydrogens (tertiary/aromatic N) is 3. The molecule has 1 aliphatic heterocycles. The minimum atomic E-state index is -4.87. The maximum absolute atomic E-state index is 13.0. The topological polar surface area (TPSA) is 89.9 Å². The molecule has 2 aromatic carbocycles. The smallest absolute Gasteiger partial charge is 0.473 e. The van der Waals surface area contributed by atoms with E-state index in [4.69, 9.17) is 9.47 Å². The van der Waals surface area contributed by atoms with E-state index in [9.17, 15) is 18.0 Å². The van der Waals surface area contributed by atoms with Gasteiger partial charge in [0.2, 0.25) is 5.88 Å². The van der Waals surface area contributed by atoms with E-state index < -0.39 is 18.1 Å². The fourth-order valence-electron chi connectivity index (χ4n) is 5.27. The number of rotatable bonds is 9. The van der Waals surface area contributed by atoms with Crippen molar-refractivity contribution >= 4 is 11.8 Å². The average Bonchev–Trinajstić information content (AvgIpc) is 3.19. The van der Waals surface area contributed by atoms with Crippen LogP contribution in [0.2, 0.25) is 0 Å². The van der Waals surface area contributed by atoms with E-state index in [2.05, 4.69) is 32.4 Å². The van der Waals surface area contributed by atoms with Crippen molar-refractivity contribution in [3.05, 3.63) is 65.2 Å².